The van der Waals surface area contributed by atoms with Gasteiger partial charge in [0.15, 0.2) is 11.6 Å². The maximum absolute atomic E-state index is 5.72. The second-order valence-corrected chi connectivity index (χ2v) is 5.13. The van der Waals surface area contributed by atoms with E-state index in [0.717, 1.165) is 24.2 Å². The molecule has 1 aromatic rings. The summed E-state index contributed by atoms with van der Waals surface area (Å²) >= 11 is 0. The van der Waals surface area contributed by atoms with Gasteiger partial charge in [-0.15, -0.1) is 0 Å². The minimum absolute atomic E-state index is 0.491. The zero-order chi connectivity index (χ0) is 12.1. The van der Waals surface area contributed by atoms with Crippen LogP contribution >= 0.6 is 0 Å². The number of nitrogens with one attached hydrogen (secondary N) is 1. The molecule has 0 spiro atoms. The monoisotopic (exact) mass is 234 g/mol. The summed E-state index contributed by atoms with van der Waals surface area (Å²) in [4.78, 5) is 8.18. The third-order valence-electron chi connectivity index (χ3n) is 3.71. The highest BCUT2D eigenvalue weighted by atomic mass is 15.0. The highest BCUT2D eigenvalue weighted by molar-refractivity contribution is 5.54. The number of aromatic nitrogens is 2. The summed E-state index contributed by atoms with van der Waals surface area (Å²) in [5, 5.41) is 3.27. The average Bonchev–Trinajstić information content (AvgIpc) is 2.34. The summed E-state index contributed by atoms with van der Waals surface area (Å²) in [6.45, 7) is 3.30. The van der Waals surface area contributed by atoms with Crippen molar-refractivity contribution in [1.29, 1.82) is 0 Å². The van der Waals surface area contributed by atoms with Gasteiger partial charge in [-0.3, -0.25) is 0 Å². The van der Waals surface area contributed by atoms with Crippen LogP contribution in [0, 0.1) is 11.8 Å². The average molecular weight is 234 g/mol. The lowest BCUT2D eigenvalue weighted by molar-refractivity contribution is 0.282. The van der Waals surface area contributed by atoms with Gasteiger partial charge in [-0.1, -0.05) is 32.6 Å². The Kier molecular flexibility index (Phi) is 4.18. The second-order valence-electron chi connectivity index (χ2n) is 5.13. The molecule has 0 aliphatic heterocycles. The highest BCUT2D eigenvalue weighted by Crippen LogP contribution is 2.30. The Morgan fingerprint density at radius 3 is 2.65 bits per heavy atom. The Bertz CT molecular complexity index is 345. The number of anilines is 2. The summed E-state index contributed by atoms with van der Waals surface area (Å²) in [7, 11) is 0. The van der Waals surface area contributed by atoms with E-state index in [-0.39, 0.29) is 0 Å². The van der Waals surface area contributed by atoms with Crippen molar-refractivity contribution in [2.45, 2.75) is 39.0 Å². The molecule has 0 aromatic carbocycles. The van der Waals surface area contributed by atoms with Crippen molar-refractivity contribution in [3.8, 4) is 0 Å². The van der Waals surface area contributed by atoms with Crippen LogP contribution in [-0.2, 0) is 0 Å². The van der Waals surface area contributed by atoms with Crippen LogP contribution in [0.1, 0.15) is 39.0 Å². The van der Waals surface area contributed by atoms with E-state index in [1.807, 2.05) is 0 Å². The molecule has 1 aliphatic carbocycles. The number of nitrogens with zero attached hydrogens (tertiary/aromatic N) is 2. The molecule has 1 aromatic heterocycles. The molecule has 0 bridgehead atoms. The minimum Gasteiger partial charge on any atom is -0.381 e. The van der Waals surface area contributed by atoms with E-state index in [1.165, 1.54) is 32.1 Å². The SMILES string of the molecule is CC1CCC(CCNc2nccnc2N)CC1. The van der Waals surface area contributed by atoms with Crippen molar-refractivity contribution in [3.63, 3.8) is 0 Å². The number of hydrogen-bond acceptors (Lipinski definition) is 4. The predicted octanol–water partition coefficient (Wildman–Crippen LogP) is 2.69. The molecule has 0 amide bonds. The molecule has 94 valence electrons. The van der Waals surface area contributed by atoms with Gasteiger partial charge in [-0.25, -0.2) is 9.97 Å². The van der Waals surface area contributed by atoms with E-state index in [4.69, 9.17) is 5.73 Å². The number of rotatable bonds is 4. The van der Waals surface area contributed by atoms with Gasteiger partial charge in [0.05, 0.1) is 0 Å². The predicted molar refractivity (Wildman–Crippen MR) is 70.7 cm³/mol. The maximum Gasteiger partial charge on any atom is 0.168 e. The smallest absolute Gasteiger partial charge is 0.168 e. The first kappa shape index (κ1) is 12.1. The molecule has 2 rings (SSSR count). The molecular formula is C13H22N4. The van der Waals surface area contributed by atoms with E-state index in [2.05, 4.69) is 22.2 Å². The fourth-order valence-corrected chi connectivity index (χ4v) is 2.50. The first-order chi connectivity index (χ1) is 8.25. The van der Waals surface area contributed by atoms with Crippen LogP contribution in [0.25, 0.3) is 0 Å². The molecule has 1 fully saturated rings. The van der Waals surface area contributed by atoms with Crippen LogP contribution in [0.4, 0.5) is 11.6 Å². The zero-order valence-electron chi connectivity index (χ0n) is 10.5. The van der Waals surface area contributed by atoms with Gasteiger partial charge in [-0.05, 0) is 18.3 Å². The Morgan fingerprint density at radius 1 is 1.24 bits per heavy atom. The van der Waals surface area contributed by atoms with Crippen LogP contribution in [-0.4, -0.2) is 16.5 Å². The summed E-state index contributed by atoms with van der Waals surface area (Å²) < 4.78 is 0. The van der Waals surface area contributed by atoms with Gasteiger partial charge >= 0.3 is 0 Å². The van der Waals surface area contributed by atoms with Crippen LogP contribution in [0.5, 0.6) is 0 Å². The lowest BCUT2D eigenvalue weighted by atomic mass is 9.81. The van der Waals surface area contributed by atoms with Crippen LogP contribution in [0.3, 0.4) is 0 Å². The summed E-state index contributed by atoms with van der Waals surface area (Å²) in [5.74, 6) is 3.01. The fourth-order valence-electron chi connectivity index (χ4n) is 2.50. The first-order valence-electron chi connectivity index (χ1n) is 6.56. The molecule has 3 N–H and O–H groups in total. The highest BCUT2D eigenvalue weighted by Gasteiger charge is 2.17. The van der Waals surface area contributed by atoms with Gasteiger partial charge in [0.25, 0.3) is 0 Å². The van der Waals surface area contributed by atoms with Crippen LogP contribution < -0.4 is 11.1 Å². The lowest BCUT2D eigenvalue weighted by Crippen LogP contribution is -2.16. The molecule has 1 aliphatic rings. The standard InChI is InChI=1S/C13H22N4/c1-10-2-4-11(5-3-10)6-7-16-13-12(14)15-8-9-17-13/h8-11H,2-7H2,1H3,(H2,14,15)(H,16,17). The number of nitrogen functional groups attached to an aromatic ring is 1. The Labute approximate surface area is 103 Å². The maximum atomic E-state index is 5.72. The van der Waals surface area contributed by atoms with Crippen LogP contribution in [0.15, 0.2) is 12.4 Å². The normalized spacial score (nSPS) is 24.5. The second kappa shape index (κ2) is 5.84. The van der Waals surface area contributed by atoms with Gasteiger partial charge in [0.1, 0.15) is 0 Å². The molecule has 17 heavy (non-hydrogen) atoms. The van der Waals surface area contributed by atoms with Crippen LogP contribution in [0.2, 0.25) is 0 Å². The van der Waals surface area contributed by atoms with Gasteiger partial charge in [0.2, 0.25) is 0 Å². The minimum atomic E-state index is 0.491. The van der Waals surface area contributed by atoms with E-state index < -0.39 is 0 Å². The van der Waals surface area contributed by atoms with E-state index in [0.29, 0.717) is 5.82 Å². The van der Waals surface area contributed by atoms with Gasteiger partial charge < -0.3 is 11.1 Å². The van der Waals surface area contributed by atoms with Crippen molar-refractivity contribution in [2.75, 3.05) is 17.6 Å². The number of nitrogens with two attached hydrogens (primary N) is 1. The van der Waals surface area contributed by atoms with Crippen molar-refractivity contribution < 1.29 is 0 Å². The largest absolute Gasteiger partial charge is 0.381 e. The van der Waals surface area contributed by atoms with Gasteiger partial charge in [0, 0.05) is 18.9 Å². The molecule has 1 heterocycles. The summed E-state index contributed by atoms with van der Waals surface area (Å²) in [5.41, 5.74) is 5.72. The molecule has 0 atom stereocenters. The molecular weight excluding hydrogens is 212 g/mol. The molecule has 1 saturated carbocycles. The molecule has 4 heteroatoms. The van der Waals surface area contributed by atoms with Crippen molar-refractivity contribution in [1.82, 2.24) is 9.97 Å². The van der Waals surface area contributed by atoms with E-state index in [9.17, 15) is 0 Å². The molecule has 0 radical (unpaired) electrons. The van der Waals surface area contributed by atoms with E-state index in [1.54, 1.807) is 12.4 Å². The lowest BCUT2D eigenvalue weighted by Gasteiger charge is -2.26. The topological polar surface area (TPSA) is 63.8 Å². The quantitative estimate of drug-likeness (QED) is 0.840. The third-order valence-corrected chi connectivity index (χ3v) is 3.71. The Balaban J connectivity index is 1.71. The number of hydrogen-bond donors (Lipinski definition) is 2. The fraction of sp³-hybridized carbons (Fsp3) is 0.692. The third kappa shape index (κ3) is 3.58. The van der Waals surface area contributed by atoms with Crippen molar-refractivity contribution >= 4 is 11.6 Å². The zero-order valence-corrected chi connectivity index (χ0v) is 10.5. The van der Waals surface area contributed by atoms with Crippen molar-refractivity contribution in [2.24, 2.45) is 11.8 Å². The summed E-state index contributed by atoms with van der Waals surface area (Å²) in [6.07, 6.45) is 10.0. The van der Waals surface area contributed by atoms with Gasteiger partial charge in [-0.2, -0.15) is 0 Å². The van der Waals surface area contributed by atoms with E-state index >= 15 is 0 Å². The molecule has 0 saturated heterocycles. The summed E-state index contributed by atoms with van der Waals surface area (Å²) in [6, 6.07) is 0. The molecule has 4 nitrogen and oxygen atoms in total. The Hall–Kier alpha value is -1.32. The first-order valence-corrected chi connectivity index (χ1v) is 6.56. The van der Waals surface area contributed by atoms with Crippen molar-refractivity contribution in [3.05, 3.63) is 12.4 Å². The Morgan fingerprint density at radius 2 is 1.94 bits per heavy atom. The molecule has 0 unspecified atom stereocenters.